The quantitative estimate of drug-likeness (QED) is 0.350. The number of aliphatic hydroxyl groups is 1. The predicted octanol–water partition coefficient (Wildman–Crippen LogP) is 4.12. The summed E-state index contributed by atoms with van der Waals surface area (Å²) in [7, 11) is 1.53. The zero-order chi connectivity index (χ0) is 26.9. The molecule has 0 amide bonds. The fraction of sp³-hybridized carbons (Fsp3) is 0.346. The zero-order valence-electron chi connectivity index (χ0n) is 20.6. The number of hydrogen-bond acceptors (Lipinski definition) is 5. The van der Waals surface area contributed by atoms with Crippen LogP contribution in [0.2, 0.25) is 5.02 Å². The fourth-order valence-corrected chi connectivity index (χ4v) is 4.41. The van der Waals surface area contributed by atoms with Gasteiger partial charge in [0.1, 0.15) is 11.6 Å². The van der Waals surface area contributed by atoms with Crippen LogP contribution in [0.5, 0.6) is 5.75 Å². The molecule has 11 heteroatoms. The van der Waals surface area contributed by atoms with Gasteiger partial charge in [0.2, 0.25) is 0 Å². The molecule has 2 aromatic carbocycles. The smallest absolute Gasteiger partial charge is 0.394 e. The van der Waals surface area contributed by atoms with Crippen molar-refractivity contribution < 1.29 is 18.6 Å². The molecule has 0 aliphatic carbocycles. The van der Waals surface area contributed by atoms with Gasteiger partial charge in [0.15, 0.2) is 11.2 Å². The molecule has 196 valence electrons. The van der Waals surface area contributed by atoms with Crippen molar-refractivity contribution in [2.75, 3.05) is 6.61 Å². The first-order valence-electron chi connectivity index (χ1n) is 11.7. The van der Waals surface area contributed by atoms with Crippen LogP contribution in [-0.4, -0.2) is 36.5 Å². The summed E-state index contributed by atoms with van der Waals surface area (Å²) in [5, 5.41) is 9.81. The average molecular weight is 533 g/mol. The molecule has 1 unspecified atom stereocenters. The Morgan fingerprint density at radius 2 is 1.84 bits per heavy atom. The summed E-state index contributed by atoms with van der Waals surface area (Å²) in [4.78, 5) is 31.2. The maximum absolute atomic E-state index is 13.5. The van der Waals surface area contributed by atoms with Gasteiger partial charge < -0.3 is 14.4 Å². The number of aliphatic hydroxyl groups excluding tert-OH is 1. The molecule has 0 saturated heterocycles. The number of nitrogens with zero attached hydrogens (tertiary/aromatic N) is 4. The number of rotatable bonds is 9. The van der Waals surface area contributed by atoms with E-state index in [1.165, 1.54) is 23.7 Å². The Labute approximate surface area is 216 Å². The Morgan fingerprint density at radius 3 is 2.49 bits per heavy atom. The second kappa shape index (κ2) is 10.5. The van der Waals surface area contributed by atoms with Crippen molar-refractivity contribution in [2.24, 2.45) is 7.05 Å². The molecule has 1 N–H and O–H groups in total. The minimum absolute atomic E-state index is 0.00373. The van der Waals surface area contributed by atoms with Crippen LogP contribution in [0, 0.1) is 0 Å². The maximum Gasteiger partial charge on any atom is 0.394 e. The number of benzene rings is 2. The predicted molar refractivity (Wildman–Crippen MR) is 137 cm³/mol. The molecule has 0 bridgehead atoms. The number of alkyl halides is 2. The average Bonchev–Trinajstić information content (AvgIpc) is 3.22. The first-order chi connectivity index (χ1) is 17.5. The van der Waals surface area contributed by atoms with E-state index in [-0.39, 0.29) is 43.0 Å². The molecule has 0 radical (unpaired) electrons. The third-order valence-corrected chi connectivity index (χ3v) is 6.35. The summed E-state index contributed by atoms with van der Waals surface area (Å²) in [6.07, 6.45) is -3.11. The molecule has 1 atom stereocenters. The minimum atomic E-state index is -3.35. The summed E-state index contributed by atoms with van der Waals surface area (Å²) in [6.45, 7) is 2.64. The number of imidazole rings is 1. The van der Waals surface area contributed by atoms with Gasteiger partial charge in [-0.3, -0.25) is 13.9 Å². The van der Waals surface area contributed by atoms with E-state index >= 15 is 0 Å². The van der Waals surface area contributed by atoms with Crippen molar-refractivity contribution in [1.29, 1.82) is 0 Å². The lowest BCUT2D eigenvalue weighted by Gasteiger charge is -2.18. The van der Waals surface area contributed by atoms with E-state index in [2.05, 4.69) is 0 Å². The van der Waals surface area contributed by atoms with Crippen molar-refractivity contribution in [3.8, 4) is 5.75 Å². The summed E-state index contributed by atoms with van der Waals surface area (Å²) < 4.78 is 35.8. The van der Waals surface area contributed by atoms with Crippen molar-refractivity contribution in [1.82, 2.24) is 18.7 Å². The van der Waals surface area contributed by atoms with Gasteiger partial charge in [-0.2, -0.15) is 8.78 Å². The van der Waals surface area contributed by atoms with Crippen LogP contribution in [0.3, 0.4) is 0 Å². The van der Waals surface area contributed by atoms with E-state index in [0.29, 0.717) is 23.3 Å². The van der Waals surface area contributed by atoms with E-state index in [4.69, 9.17) is 21.3 Å². The van der Waals surface area contributed by atoms with Crippen LogP contribution in [0.25, 0.3) is 11.2 Å². The number of fused-ring (bicyclic) bond motifs is 1. The highest BCUT2D eigenvalue weighted by molar-refractivity contribution is 6.30. The molecular formula is C26H27ClF2N4O4. The molecule has 37 heavy (non-hydrogen) atoms. The van der Waals surface area contributed by atoms with Gasteiger partial charge in [-0.05, 0) is 41.8 Å². The molecule has 4 rings (SSSR count). The van der Waals surface area contributed by atoms with Gasteiger partial charge in [-0.15, -0.1) is 0 Å². The number of ether oxygens (including phenoxy) is 1. The highest BCUT2D eigenvalue weighted by Gasteiger charge is 2.26. The standard InChI is InChI=1S/C26H27ClF2N4O4/c1-16(18-6-4-7-20(14-18)37-26(2,28)29)22-30-23-21(33(22)15-17-8-10-19(27)11-9-17)24(35)32(12-5-13-34)25(36)31(23)3/h4,6-11,14,16,34H,5,12-13,15H2,1-3H3. The molecule has 0 saturated carbocycles. The normalized spacial score (nSPS) is 12.7. The van der Waals surface area contributed by atoms with E-state index in [9.17, 15) is 23.5 Å². The molecule has 2 aromatic heterocycles. The Bertz CT molecular complexity index is 1540. The van der Waals surface area contributed by atoms with Crippen LogP contribution in [0.1, 0.15) is 43.1 Å². The van der Waals surface area contributed by atoms with Gasteiger partial charge in [0.25, 0.3) is 5.56 Å². The van der Waals surface area contributed by atoms with Crippen molar-refractivity contribution in [2.45, 2.75) is 45.4 Å². The largest absolute Gasteiger partial charge is 0.433 e. The second-order valence-electron chi connectivity index (χ2n) is 8.93. The third kappa shape index (κ3) is 5.60. The maximum atomic E-state index is 13.5. The highest BCUT2D eigenvalue weighted by Crippen LogP contribution is 2.30. The number of hydrogen-bond donors (Lipinski definition) is 1. The molecule has 4 aromatic rings. The Balaban J connectivity index is 1.92. The Kier molecular flexibility index (Phi) is 7.52. The summed E-state index contributed by atoms with van der Waals surface area (Å²) in [5.74, 6) is 0.0162. The first-order valence-corrected chi connectivity index (χ1v) is 12.1. The number of aromatic nitrogens is 4. The van der Waals surface area contributed by atoms with Gasteiger partial charge in [0.05, 0.1) is 0 Å². The van der Waals surface area contributed by atoms with E-state index in [0.717, 1.165) is 10.1 Å². The number of halogens is 3. The minimum Gasteiger partial charge on any atom is -0.433 e. The number of aryl methyl sites for hydroxylation is 1. The lowest BCUT2D eigenvalue weighted by atomic mass is 10.00. The highest BCUT2D eigenvalue weighted by atomic mass is 35.5. The van der Waals surface area contributed by atoms with Gasteiger partial charge in [0, 0.05) is 44.6 Å². The van der Waals surface area contributed by atoms with Crippen LogP contribution >= 0.6 is 11.6 Å². The van der Waals surface area contributed by atoms with E-state index in [1.54, 1.807) is 28.8 Å². The van der Waals surface area contributed by atoms with Gasteiger partial charge >= 0.3 is 11.8 Å². The Hall–Kier alpha value is -3.50. The van der Waals surface area contributed by atoms with E-state index < -0.39 is 23.3 Å². The molecule has 0 spiro atoms. The third-order valence-electron chi connectivity index (χ3n) is 6.10. The van der Waals surface area contributed by atoms with Crippen LogP contribution < -0.4 is 16.0 Å². The summed E-state index contributed by atoms with van der Waals surface area (Å²) in [6, 6.07) is 13.4. The van der Waals surface area contributed by atoms with Crippen LogP contribution in [0.4, 0.5) is 8.78 Å². The van der Waals surface area contributed by atoms with E-state index in [1.807, 2.05) is 19.1 Å². The molecule has 2 heterocycles. The topological polar surface area (TPSA) is 91.3 Å². The van der Waals surface area contributed by atoms with Gasteiger partial charge in [-0.1, -0.05) is 42.8 Å². The van der Waals surface area contributed by atoms with Crippen LogP contribution in [-0.2, 0) is 20.1 Å². The monoisotopic (exact) mass is 532 g/mol. The lowest BCUT2D eigenvalue weighted by molar-refractivity contribution is -0.158. The fourth-order valence-electron chi connectivity index (χ4n) is 4.28. The second-order valence-corrected chi connectivity index (χ2v) is 9.37. The lowest BCUT2D eigenvalue weighted by Crippen LogP contribution is -2.40. The molecule has 8 nitrogen and oxygen atoms in total. The van der Waals surface area contributed by atoms with Crippen molar-refractivity contribution in [3.63, 3.8) is 0 Å². The summed E-state index contributed by atoms with van der Waals surface area (Å²) in [5.41, 5.74) is 0.856. The summed E-state index contributed by atoms with van der Waals surface area (Å²) >= 11 is 6.05. The molecule has 0 fully saturated rings. The first kappa shape index (κ1) is 26.6. The Morgan fingerprint density at radius 1 is 1.14 bits per heavy atom. The molecule has 0 aliphatic rings. The molecule has 0 aliphatic heterocycles. The SMILES string of the molecule is CC(c1cccc(OC(C)(F)F)c1)c1nc2c(c(=O)n(CCCO)c(=O)n2C)n1Cc1ccc(Cl)cc1. The molecular weight excluding hydrogens is 506 g/mol. The van der Waals surface area contributed by atoms with Gasteiger partial charge in [-0.25, -0.2) is 9.78 Å². The van der Waals surface area contributed by atoms with Crippen molar-refractivity contribution >= 4 is 22.8 Å². The zero-order valence-corrected chi connectivity index (χ0v) is 21.4. The van der Waals surface area contributed by atoms with Crippen LogP contribution in [0.15, 0.2) is 58.1 Å². The van der Waals surface area contributed by atoms with Crippen molar-refractivity contribution in [3.05, 3.63) is 91.3 Å².